The number of amidine groups is 1. The van der Waals surface area contributed by atoms with E-state index >= 15 is 0 Å². The molecule has 1 aliphatic heterocycles. The lowest BCUT2D eigenvalue weighted by Gasteiger charge is -2.15. The average Bonchev–Trinajstić information content (AvgIpc) is 3.09. The van der Waals surface area contributed by atoms with E-state index in [4.69, 9.17) is 14.5 Å². The summed E-state index contributed by atoms with van der Waals surface area (Å²) < 4.78 is 11.6. The summed E-state index contributed by atoms with van der Waals surface area (Å²) in [5.74, 6) is 1.13. The Morgan fingerprint density at radius 3 is 2.23 bits per heavy atom. The van der Waals surface area contributed by atoms with Crippen LogP contribution in [0.4, 0.5) is 11.4 Å². The van der Waals surface area contributed by atoms with Crippen molar-refractivity contribution in [1.82, 2.24) is 0 Å². The van der Waals surface area contributed by atoms with E-state index in [2.05, 4.69) is 15.9 Å². The number of para-hydroxylation sites is 2. The number of anilines is 1. The van der Waals surface area contributed by atoms with Crippen LogP contribution >= 0.6 is 27.7 Å². The van der Waals surface area contributed by atoms with Gasteiger partial charge in [0, 0.05) is 11.6 Å². The van der Waals surface area contributed by atoms with Crippen molar-refractivity contribution in [2.24, 2.45) is 4.99 Å². The molecule has 4 rings (SSSR count). The molecule has 0 aliphatic carbocycles. The molecule has 3 aromatic rings. The zero-order valence-electron chi connectivity index (χ0n) is 16.9. The van der Waals surface area contributed by atoms with Gasteiger partial charge in [0.25, 0.3) is 5.91 Å². The summed E-state index contributed by atoms with van der Waals surface area (Å²) in [7, 11) is 3.19. The number of benzene rings is 3. The van der Waals surface area contributed by atoms with E-state index in [-0.39, 0.29) is 5.91 Å². The lowest BCUT2D eigenvalue weighted by Crippen LogP contribution is -2.28. The molecule has 0 aromatic heterocycles. The molecular weight excluding hydrogens is 476 g/mol. The Morgan fingerprint density at radius 1 is 0.935 bits per heavy atom. The van der Waals surface area contributed by atoms with E-state index in [1.807, 2.05) is 72.8 Å². The van der Waals surface area contributed by atoms with Gasteiger partial charge in [0.05, 0.1) is 35.0 Å². The Hall–Kier alpha value is -3.03. The number of aliphatic imine (C=N–C) groups is 1. The highest BCUT2D eigenvalue weighted by molar-refractivity contribution is 9.10. The number of ether oxygens (including phenoxy) is 2. The van der Waals surface area contributed by atoms with Crippen LogP contribution in [0.1, 0.15) is 5.56 Å². The molecule has 0 radical (unpaired) electrons. The first-order valence-corrected chi connectivity index (χ1v) is 11.1. The predicted octanol–water partition coefficient (Wildman–Crippen LogP) is 6.27. The molecule has 1 saturated heterocycles. The zero-order valence-corrected chi connectivity index (χ0v) is 19.3. The molecule has 7 heteroatoms. The monoisotopic (exact) mass is 494 g/mol. The number of thioether (sulfide) groups is 1. The maximum Gasteiger partial charge on any atom is 0.271 e. The van der Waals surface area contributed by atoms with Crippen LogP contribution in [0.2, 0.25) is 0 Å². The molecule has 1 amide bonds. The number of hydrogen-bond acceptors (Lipinski definition) is 5. The standard InChI is InChI=1S/C24H19BrN2O3S/c1-29-20-15-21(30-2)19(25)13-16(20)14-22-23(28)27(18-11-7-4-8-12-18)24(31-22)26-17-9-5-3-6-10-17/h3-15H,1-2H3. The molecule has 1 fully saturated rings. The van der Waals surface area contributed by atoms with E-state index in [1.165, 1.54) is 11.8 Å². The van der Waals surface area contributed by atoms with Crippen molar-refractivity contribution in [2.45, 2.75) is 0 Å². The number of hydrogen-bond donors (Lipinski definition) is 0. The highest BCUT2D eigenvalue weighted by atomic mass is 79.9. The number of rotatable bonds is 5. The highest BCUT2D eigenvalue weighted by Gasteiger charge is 2.35. The number of amides is 1. The second kappa shape index (κ2) is 9.41. The van der Waals surface area contributed by atoms with E-state index in [0.717, 1.165) is 21.4 Å². The number of carbonyl (C=O) groups excluding carboxylic acids is 1. The van der Waals surface area contributed by atoms with Crippen molar-refractivity contribution in [3.8, 4) is 11.5 Å². The molecule has 31 heavy (non-hydrogen) atoms. The van der Waals surface area contributed by atoms with Crippen LogP contribution in [0.15, 0.2) is 87.2 Å². The fourth-order valence-corrected chi connectivity index (χ4v) is 4.62. The van der Waals surface area contributed by atoms with Crippen molar-refractivity contribution in [2.75, 3.05) is 19.1 Å². The lowest BCUT2D eigenvalue weighted by molar-refractivity contribution is -0.113. The molecule has 156 valence electrons. The Labute approximate surface area is 193 Å². The molecule has 5 nitrogen and oxygen atoms in total. The fraction of sp³-hybridized carbons (Fsp3) is 0.0833. The van der Waals surface area contributed by atoms with Crippen molar-refractivity contribution in [1.29, 1.82) is 0 Å². The topological polar surface area (TPSA) is 51.1 Å². The van der Waals surface area contributed by atoms with Gasteiger partial charge in [-0.1, -0.05) is 36.4 Å². The van der Waals surface area contributed by atoms with Crippen LogP contribution in [0.25, 0.3) is 6.08 Å². The van der Waals surface area contributed by atoms with Crippen molar-refractivity contribution in [3.05, 3.63) is 87.7 Å². The molecule has 0 saturated carbocycles. The van der Waals surface area contributed by atoms with Crippen LogP contribution in [-0.4, -0.2) is 25.3 Å². The fourth-order valence-electron chi connectivity index (χ4n) is 3.10. The summed E-state index contributed by atoms with van der Waals surface area (Å²) in [5.41, 5.74) is 2.31. The summed E-state index contributed by atoms with van der Waals surface area (Å²) >= 11 is 4.84. The third-order valence-electron chi connectivity index (χ3n) is 4.59. The molecule has 0 bridgehead atoms. The van der Waals surface area contributed by atoms with Crippen LogP contribution in [0, 0.1) is 0 Å². The van der Waals surface area contributed by atoms with Crippen LogP contribution in [-0.2, 0) is 4.79 Å². The Morgan fingerprint density at radius 2 is 1.58 bits per heavy atom. The van der Waals surface area contributed by atoms with E-state index in [0.29, 0.717) is 21.6 Å². The molecule has 1 heterocycles. The maximum atomic E-state index is 13.4. The van der Waals surface area contributed by atoms with Gasteiger partial charge in [0.1, 0.15) is 11.5 Å². The Bertz CT molecular complexity index is 1160. The molecular formula is C24H19BrN2O3S. The molecule has 0 spiro atoms. The molecule has 0 unspecified atom stereocenters. The SMILES string of the molecule is COc1cc(OC)c(C=C2SC(=Nc3ccccc3)N(c3ccccc3)C2=O)cc1Br. The normalized spacial score (nSPS) is 16.2. The van der Waals surface area contributed by atoms with Crippen LogP contribution < -0.4 is 14.4 Å². The summed E-state index contributed by atoms with van der Waals surface area (Å²) in [6.07, 6.45) is 1.82. The van der Waals surface area contributed by atoms with E-state index in [9.17, 15) is 4.79 Å². The summed E-state index contributed by atoms with van der Waals surface area (Å²) in [6.45, 7) is 0. The zero-order chi connectivity index (χ0) is 21.8. The van der Waals surface area contributed by atoms with Gasteiger partial charge in [0.2, 0.25) is 0 Å². The predicted molar refractivity (Wildman–Crippen MR) is 130 cm³/mol. The molecule has 3 aromatic carbocycles. The quantitative estimate of drug-likeness (QED) is 0.392. The molecule has 1 aliphatic rings. The minimum atomic E-state index is -0.139. The third kappa shape index (κ3) is 4.52. The Kier molecular flexibility index (Phi) is 6.44. The second-order valence-electron chi connectivity index (χ2n) is 6.55. The molecule has 0 atom stereocenters. The average molecular weight is 495 g/mol. The summed E-state index contributed by atoms with van der Waals surface area (Å²) in [4.78, 5) is 20.3. The van der Waals surface area contributed by atoms with Crippen molar-refractivity contribution < 1.29 is 14.3 Å². The highest BCUT2D eigenvalue weighted by Crippen LogP contribution is 2.40. The van der Waals surface area contributed by atoms with E-state index < -0.39 is 0 Å². The maximum absolute atomic E-state index is 13.4. The van der Waals surface area contributed by atoms with Gasteiger partial charge in [-0.2, -0.15) is 0 Å². The first-order valence-electron chi connectivity index (χ1n) is 9.45. The number of carbonyl (C=O) groups is 1. The first kappa shape index (κ1) is 21.2. The minimum Gasteiger partial charge on any atom is -0.496 e. The summed E-state index contributed by atoms with van der Waals surface area (Å²) in [6, 6.07) is 22.8. The summed E-state index contributed by atoms with van der Waals surface area (Å²) in [5, 5.41) is 0.597. The third-order valence-corrected chi connectivity index (χ3v) is 6.18. The smallest absolute Gasteiger partial charge is 0.271 e. The number of methoxy groups -OCH3 is 2. The minimum absolute atomic E-state index is 0.139. The lowest BCUT2D eigenvalue weighted by atomic mass is 10.1. The van der Waals surface area contributed by atoms with Crippen LogP contribution in [0.3, 0.4) is 0 Å². The number of nitrogens with zero attached hydrogens (tertiary/aromatic N) is 2. The van der Waals surface area contributed by atoms with Gasteiger partial charge in [-0.25, -0.2) is 4.99 Å². The van der Waals surface area contributed by atoms with Gasteiger partial charge in [-0.15, -0.1) is 0 Å². The van der Waals surface area contributed by atoms with Gasteiger partial charge >= 0.3 is 0 Å². The largest absolute Gasteiger partial charge is 0.496 e. The van der Waals surface area contributed by atoms with Crippen molar-refractivity contribution in [3.63, 3.8) is 0 Å². The first-order chi connectivity index (χ1) is 15.1. The van der Waals surface area contributed by atoms with Crippen LogP contribution in [0.5, 0.6) is 11.5 Å². The van der Waals surface area contributed by atoms with Crippen molar-refractivity contribution >= 4 is 56.2 Å². The molecule has 0 N–H and O–H groups in total. The van der Waals surface area contributed by atoms with Gasteiger partial charge in [-0.3, -0.25) is 9.69 Å². The number of halogens is 1. The Balaban J connectivity index is 1.79. The van der Waals surface area contributed by atoms with Gasteiger partial charge < -0.3 is 9.47 Å². The van der Waals surface area contributed by atoms with Gasteiger partial charge in [-0.05, 0) is 64.1 Å². The van der Waals surface area contributed by atoms with E-state index in [1.54, 1.807) is 25.2 Å². The van der Waals surface area contributed by atoms with Gasteiger partial charge in [0.15, 0.2) is 5.17 Å². The second-order valence-corrected chi connectivity index (χ2v) is 8.41.